The Morgan fingerprint density at radius 3 is 1.28 bits per heavy atom. The van der Waals surface area contributed by atoms with E-state index in [9.17, 15) is 8.42 Å². The third kappa shape index (κ3) is 4.41. The first-order valence-electron chi connectivity index (χ1n) is 17.9. The van der Waals surface area contributed by atoms with Crippen LogP contribution in [0.5, 0.6) is 0 Å². The maximum Gasteiger partial charge on any atom is 0.210 e. The zero-order chi connectivity index (χ0) is 36.0. The van der Waals surface area contributed by atoms with Crippen molar-refractivity contribution in [3.63, 3.8) is 0 Å². The smallest absolute Gasteiger partial charge is 0.210 e. The molecule has 0 unspecified atom stereocenters. The Labute approximate surface area is 310 Å². The molecule has 0 saturated heterocycles. The molecule has 3 heterocycles. The van der Waals surface area contributed by atoms with Crippen molar-refractivity contribution in [3.8, 4) is 22.5 Å². The van der Waals surface area contributed by atoms with Gasteiger partial charge in [0, 0.05) is 49.3 Å². The van der Waals surface area contributed by atoms with E-state index in [0.29, 0.717) is 11.2 Å². The SMILES string of the molecule is O=S(=O)(c1ccc(-n2c3ccccc3c3ccccc32)cc1)c1cccc2c1oc1c(-c3ccc(-n4c5ccccc5c5ccccc54)cc3)cccc12. The molecule has 0 aliphatic carbocycles. The molecule has 0 radical (unpaired) electrons. The minimum absolute atomic E-state index is 0.147. The van der Waals surface area contributed by atoms with Crippen molar-refractivity contribution >= 4 is 75.4 Å². The Morgan fingerprint density at radius 1 is 0.370 bits per heavy atom. The summed E-state index contributed by atoms with van der Waals surface area (Å²) < 4.78 is 39.8. The van der Waals surface area contributed by atoms with Gasteiger partial charge in [-0.2, -0.15) is 0 Å². The second kappa shape index (κ2) is 11.6. The fraction of sp³-hybridized carbons (Fsp3) is 0. The summed E-state index contributed by atoms with van der Waals surface area (Å²) in [5, 5.41) is 6.37. The summed E-state index contributed by atoms with van der Waals surface area (Å²) in [6.07, 6.45) is 0. The van der Waals surface area contributed by atoms with E-state index in [1.165, 1.54) is 10.8 Å². The van der Waals surface area contributed by atoms with Crippen molar-refractivity contribution in [3.05, 3.63) is 182 Å². The highest BCUT2D eigenvalue weighted by atomic mass is 32.2. The number of sulfone groups is 1. The second-order valence-electron chi connectivity index (χ2n) is 13.7. The summed E-state index contributed by atoms with van der Waals surface area (Å²) in [5.41, 5.74) is 9.28. The second-order valence-corrected chi connectivity index (χ2v) is 15.6. The molecule has 0 N–H and O–H groups in total. The van der Waals surface area contributed by atoms with E-state index in [0.717, 1.165) is 66.1 Å². The van der Waals surface area contributed by atoms with Crippen LogP contribution in [0.15, 0.2) is 196 Å². The summed E-state index contributed by atoms with van der Waals surface area (Å²) in [6, 6.07) is 60.5. The van der Waals surface area contributed by atoms with Gasteiger partial charge in [0.05, 0.1) is 27.0 Å². The molecule has 5 nitrogen and oxygen atoms in total. The number of hydrogen-bond acceptors (Lipinski definition) is 3. The van der Waals surface area contributed by atoms with Gasteiger partial charge in [-0.25, -0.2) is 8.42 Å². The molecule has 0 aliphatic rings. The minimum atomic E-state index is -3.93. The van der Waals surface area contributed by atoms with Gasteiger partial charge >= 0.3 is 0 Å². The molecular formula is C48H30N2O3S. The first-order chi connectivity index (χ1) is 26.6. The number of nitrogens with zero attached hydrogens (tertiary/aromatic N) is 2. The number of hydrogen-bond donors (Lipinski definition) is 0. The molecule has 0 atom stereocenters. The zero-order valence-electron chi connectivity index (χ0n) is 28.8. The third-order valence-corrected chi connectivity index (χ3v) is 12.6. The molecule has 0 aliphatic heterocycles. The first-order valence-corrected chi connectivity index (χ1v) is 19.4. The van der Waals surface area contributed by atoms with Crippen LogP contribution in [0.4, 0.5) is 0 Å². The van der Waals surface area contributed by atoms with Gasteiger partial charge in [-0.1, -0.05) is 115 Å². The number of furan rings is 1. The summed E-state index contributed by atoms with van der Waals surface area (Å²) >= 11 is 0. The van der Waals surface area contributed by atoms with Gasteiger partial charge in [-0.3, -0.25) is 0 Å². The van der Waals surface area contributed by atoms with Gasteiger partial charge in [-0.15, -0.1) is 0 Å². The number of aromatic nitrogens is 2. The van der Waals surface area contributed by atoms with Crippen LogP contribution in [-0.2, 0) is 9.84 Å². The average Bonchev–Trinajstić information content (AvgIpc) is 3.89. The van der Waals surface area contributed by atoms with Gasteiger partial charge in [0.1, 0.15) is 10.5 Å². The number of rotatable bonds is 5. The van der Waals surface area contributed by atoms with Gasteiger partial charge in [0.2, 0.25) is 9.84 Å². The maximum atomic E-state index is 14.4. The lowest BCUT2D eigenvalue weighted by Crippen LogP contribution is -2.03. The Bertz CT molecular complexity index is 3280. The first kappa shape index (κ1) is 30.7. The summed E-state index contributed by atoms with van der Waals surface area (Å²) in [4.78, 5) is 0.356. The quantitative estimate of drug-likeness (QED) is 0.178. The standard InChI is InChI=1S/C48H30N2O3S/c51-54(52,34-29-27-33(28-30-34)50-44-20-7-3-13-38(44)39-14-4-8-21-45(39)50)46-22-10-17-41-40-16-9-15-35(47(40)53-48(41)46)31-23-25-32(26-24-31)49-42-18-5-1-11-36(42)37-12-2-6-19-43(37)49/h1-30H. The van der Waals surface area contributed by atoms with E-state index in [1.54, 1.807) is 24.3 Å². The summed E-state index contributed by atoms with van der Waals surface area (Å²) in [5.74, 6) is 0. The maximum absolute atomic E-state index is 14.4. The zero-order valence-corrected chi connectivity index (χ0v) is 29.7. The molecule has 11 rings (SSSR count). The van der Waals surface area contributed by atoms with E-state index in [-0.39, 0.29) is 9.79 Å². The summed E-state index contributed by atoms with van der Waals surface area (Å²) in [7, 11) is -3.93. The minimum Gasteiger partial charge on any atom is -0.454 e. The largest absolute Gasteiger partial charge is 0.454 e. The van der Waals surface area contributed by atoms with Crippen LogP contribution in [0.25, 0.3) is 88.1 Å². The molecule has 54 heavy (non-hydrogen) atoms. The Kier molecular flexibility index (Phi) is 6.57. The van der Waals surface area contributed by atoms with E-state index >= 15 is 0 Å². The molecule has 6 heteroatoms. The molecule has 256 valence electrons. The normalized spacial score (nSPS) is 12.2. The number of para-hydroxylation sites is 6. The topological polar surface area (TPSA) is 57.1 Å². The van der Waals surface area contributed by atoms with Crippen molar-refractivity contribution < 1.29 is 12.8 Å². The van der Waals surface area contributed by atoms with Crippen LogP contribution >= 0.6 is 0 Å². The van der Waals surface area contributed by atoms with Crippen LogP contribution in [0.1, 0.15) is 0 Å². The lowest BCUT2D eigenvalue weighted by Gasteiger charge is -2.10. The van der Waals surface area contributed by atoms with Crippen molar-refractivity contribution in [1.29, 1.82) is 0 Å². The van der Waals surface area contributed by atoms with Gasteiger partial charge < -0.3 is 13.6 Å². The highest BCUT2D eigenvalue weighted by Crippen LogP contribution is 2.40. The molecule has 3 aromatic heterocycles. The Hall–Kier alpha value is -6.89. The number of benzene rings is 8. The van der Waals surface area contributed by atoms with Crippen molar-refractivity contribution in [1.82, 2.24) is 9.13 Å². The Balaban J connectivity index is 0.992. The van der Waals surface area contributed by atoms with Crippen LogP contribution < -0.4 is 0 Å². The third-order valence-electron chi connectivity index (χ3n) is 10.8. The summed E-state index contributed by atoms with van der Waals surface area (Å²) in [6.45, 7) is 0. The molecule has 11 aromatic rings. The van der Waals surface area contributed by atoms with Gasteiger partial charge in [0.15, 0.2) is 5.58 Å². The average molecular weight is 715 g/mol. The van der Waals surface area contributed by atoms with Gasteiger partial charge in [-0.05, 0) is 72.3 Å². The molecule has 0 fully saturated rings. The highest BCUT2D eigenvalue weighted by molar-refractivity contribution is 7.91. The number of fused-ring (bicyclic) bond motifs is 9. The van der Waals surface area contributed by atoms with Crippen LogP contribution in [0, 0.1) is 0 Å². The van der Waals surface area contributed by atoms with E-state index in [2.05, 4.69) is 106 Å². The lowest BCUT2D eigenvalue weighted by atomic mass is 10.0. The molecule has 0 amide bonds. The monoisotopic (exact) mass is 714 g/mol. The van der Waals surface area contributed by atoms with E-state index < -0.39 is 9.84 Å². The van der Waals surface area contributed by atoms with Crippen LogP contribution in [-0.4, -0.2) is 17.6 Å². The van der Waals surface area contributed by atoms with Crippen LogP contribution in [0.3, 0.4) is 0 Å². The molecule has 0 saturated carbocycles. The predicted octanol–water partition coefficient (Wildman–Crippen LogP) is 12.3. The van der Waals surface area contributed by atoms with E-state index in [1.807, 2.05) is 60.7 Å². The molecule has 8 aromatic carbocycles. The molecule has 0 spiro atoms. The Morgan fingerprint density at radius 2 is 0.778 bits per heavy atom. The fourth-order valence-electron chi connectivity index (χ4n) is 8.33. The predicted molar refractivity (Wildman–Crippen MR) is 220 cm³/mol. The van der Waals surface area contributed by atoms with Crippen molar-refractivity contribution in [2.24, 2.45) is 0 Å². The fourth-order valence-corrected chi connectivity index (χ4v) is 9.73. The van der Waals surface area contributed by atoms with Crippen LogP contribution in [0.2, 0.25) is 0 Å². The lowest BCUT2D eigenvalue weighted by molar-refractivity contribution is 0.592. The van der Waals surface area contributed by atoms with E-state index in [4.69, 9.17) is 4.42 Å². The highest BCUT2D eigenvalue weighted by Gasteiger charge is 2.25. The molecule has 0 bridgehead atoms. The van der Waals surface area contributed by atoms with Crippen molar-refractivity contribution in [2.45, 2.75) is 9.79 Å². The van der Waals surface area contributed by atoms with Gasteiger partial charge in [0.25, 0.3) is 0 Å². The van der Waals surface area contributed by atoms with Crippen molar-refractivity contribution in [2.75, 3.05) is 0 Å². The molecular weight excluding hydrogens is 685 g/mol.